The fraction of sp³-hybridized carbons (Fsp3) is 0.500. The minimum absolute atomic E-state index is 0.403. The van der Waals surface area contributed by atoms with E-state index in [0.29, 0.717) is 0 Å². The lowest BCUT2D eigenvalue weighted by molar-refractivity contribution is 0.0636. The van der Waals surface area contributed by atoms with E-state index in [9.17, 15) is 4.79 Å². The van der Waals surface area contributed by atoms with Gasteiger partial charge in [0.05, 0.1) is 8.57 Å². The molecule has 0 aliphatic heterocycles. The zero-order valence-corrected chi connectivity index (χ0v) is 12.2. The van der Waals surface area contributed by atoms with E-state index in [1.165, 1.54) is 0 Å². The summed E-state index contributed by atoms with van der Waals surface area (Å²) in [5.74, 6) is 0. The van der Waals surface area contributed by atoms with Crippen molar-refractivity contribution in [2.45, 2.75) is 33.3 Å². The lowest BCUT2D eigenvalue weighted by atomic mass is 10.2. The molecule has 5 heteroatoms. The fourth-order valence-electron chi connectivity index (χ4n) is 0.983. The number of hydrogen-bond acceptors (Lipinski definition) is 3. The molecule has 1 N–H and O–H groups in total. The van der Waals surface area contributed by atoms with Crippen molar-refractivity contribution in [1.82, 2.24) is 0 Å². The van der Waals surface area contributed by atoms with E-state index in [2.05, 4.69) is 27.9 Å². The lowest BCUT2D eigenvalue weighted by Gasteiger charge is -2.19. The van der Waals surface area contributed by atoms with Gasteiger partial charge in [0.15, 0.2) is 0 Å². The molecule has 1 aromatic rings. The van der Waals surface area contributed by atoms with E-state index in [0.717, 1.165) is 13.4 Å². The molecule has 15 heavy (non-hydrogen) atoms. The van der Waals surface area contributed by atoms with Crippen molar-refractivity contribution in [1.29, 1.82) is 0 Å². The highest BCUT2D eigenvalue weighted by atomic mass is 127. The van der Waals surface area contributed by atoms with Gasteiger partial charge in [0.2, 0.25) is 0 Å². The molecule has 1 heterocycles. The maximum atomic E-state index is 11.5. The van der Waals surface area contributed by atoms with Crippen molar-refractivity contribution in [2.75, 3.05) is 5.32 Å². The SMILES string of the molecule is Cc1sc(I)cc1NC(=O)OC(C)(C)C. The van der Waals surface area contributed by atoms with Crippen LogP contribution in [0.4, 0.5) is 10.5 Å². The second-order valence-electron chi connectivity index (χ2n) is 4.15. The number of carbonyl (C=O) groups excluding carboxylic acids is 1. The molecule has 0 radical (unpaired) electrons. The summed E-state index contributed by atoms with van der Waals surface area (Å²) in [6.07, 6.45) is -0.403. The number of amides is 1. The van der Waals surface area contributed by atoms with Gasteiger partial charge in [-0.1, -0.05) is 0 Å². The number of ether oxygens (including phenoxy) is 1. The molecule has 0 unspecified atom stereocenters. The summed E-state index contributed by atoms with van der Waals surface area (Å²) in [5.41, 5.74) is 0.375. The number of thiophene rings is 1. The van der Waals surface area contributed by atoms with E-state index in [1.54, 1.807) is 11.3 Å². The first-order valence-electron chi connectivity index (χ1n) is 4.54. The van der Waals surface area contributed by atoms with E-state index in [1.807, 2.05) is 33.8 Å². The molecule has 84 valence electrons. The number of anilines is 1. The molecule has 0 saturated carbocycles. The zero-order chi connectivity index (χ0) is 11.6. The summed E-state index contributed by atoms with van der Waals surface area (Å²) >= 11 is 3.87. The molecule has 0 atom stereocenters. The Morgan fingerprint density at radius 3 is 2.53 bits per heavy atom. The summed E-state index contributed by atoms with van der Waals surface area (Å²) in [4.78, 5) is 12.5. The van der Waals surface area contributed by atoms with Crippen LogP contribution in [-0.2, 0) is 4.74 Å². The maximum Gasteiger partial charge on any atom is 0.412 e. The molecule has 0 aliphatic rings. The van der Waals surface area contributed by atoms with Crippen LogP contribution in [0.2, 0.25) is 0 Å². The molecule has 3 nitrogen and oxygen atoms in total. The minimum Gasteiger partial charge on any atom is -0.444 e. The Labute approximate surface area is 107 Å². The van der Waals surface area contributed by atoms with Crippen LogP contribution in [0.5, 0.6) is 0 Å². The number of aryl methyl sites for hydroxylation is 1. The molecule has 0 spiro atoms. The van der Waals surface area contributed by atoms with E-state index in [-0.39, 0.29) is 0 Å². The monoisotopic (exact) mass is 339 g/mol. The first-order chi connectivity index (χ1) is 6.78. The Morgan fingerprint density at radius 1 is 1.53 bits per heavy atom. The summed E-state index contributed by atoms with van der Waals surface area (Å²) in [5, 5.41) is 2.73. The highest BCUT2D eigenvalue weighted by Gasteiger charge is 2.17. The van der Waals surface area contributed by atoms with Crippen molar-refractivity contribution in [2.24, 2.45) is 0 Å². The number of hydrogen-bond donors (Lipinski definition) is 1. The van der Waals surface area contributed by atoms with Crippen LogP contribution in [0.1, 0.15) is 25.6 Å². The topological polar surface area (TPSA) is 38.3 Å². The largest absolute Gasteiger partial charge is 0.444 e. The Morgan fingerprint density at radius 2 is 2.13 bits per heavy atom. The van der Waals surface area contributed by atoms with E-state index >= 15 is 0 Å². The molecular weight excluding hydrogens is 325 g/mol. The smallest absolute Gasteiger partial charge is 0.412 e. The number of rotatable bonds is 1. The number of nitrogens with one attached hydrogen (secondary N) is 1. The molecule has 0 aliphatic carbocycles. The van der Waals surface area contributed by atoms with Gasteiger partial charge in [0.1, 0.15) is 5.60 Å². The highest BCUT2D eigenvalue weighted by molar-refractivity contribution is 14.1. The van der Waals surface area contributed by atoms with Crippen molar-refractivity contribution >= 4 is 45.7 Å². The minimum atomic E-state index is -0.457. The van der Waals surface area contributed by atoms with Crippen molar-refractivity contribution in [3.8, 4) is 0 Å². The first kappa shape index (κ1) is 12.8. The van der Waals surface area contributed by atoms with Crippen molar-refractivity contribution in [3.63, 3.8) is 0 Å². The highest BCUT2D eigenvalue weighted by Crippen LogP contribution is 2.27. The van der Waals surface area contributed by atoms with E-state index in [4.69, 9.17) is 4.74 Å². The quantitative estimate of drug-likeness (QED) is 0.785. The van der Waals surface area contributed by atoms with Gasteiger partial charge < -0.3 is 4.74 Å². The molecule has 0 fully saturated rings. The lowest BCUT2D eigenvalue weighted by Crippen LogP contribution is -2.27. The standard InChI is InChI=1S/C10H14INO2S/c1-6-7(5-8(11)15-6)12-9(13)14-10(2,3)4/h5H,1-4H3,(H,12,13). The third-order valence-corrected chi connectivity index (χ3v) is 3.33. The number of halogens is 1. The fourth-order valence-corrected chi connectivity index (χ4v) is 2.97. The Kier molecular flexibility index (Phi) is 3.99. The average molecular weight is 339 g/mol. The Balaban J connectivity index is 2.63. The molecule has 0 saturated heterocycles. The molecular formula is C10H14INO2S. The molecule has 1 aromatic heterocycles. The second kappa shape index (κ2) is 4.69. The van der Waals surface area contributed by atoms with Crippen molar-refractivity contribution < 1.29 is 9.53 Å². The molecule has 1 rings (SSSR count). The van der Waals surface area contributed by atoms with Crippen LogP contribution in [0.25, 0.3) is 0 Å². The Hall–Kier alpha value is -0.300. The maximum absolute atomic E-state index is 11.5. The second-order valence-corrected chi connectivity index (χ2v) is 7.30. The third-order valence-electron chi connectivity index (χ3n) is 1.52. The van der Waals surface area contributed by atoms with E-state index < -0.39 is 11.7 Å². The van der Waals surface area contributed by atoms with Gasteiger partial charge in [-0.2, -0.15) is 0 Å². The van der Waals surface area contributed by atoms with Gasteiger partial charge in [-0.3, -0.25) is 5.32 Å². The normalized spacial score (nSPS) is 11.3. The van der Waals surface area contributed by atoms with Gasteiger partial charge in [-0.05, 0) is 56.4 Å². The zero-order valence-electron chi connectivity index (χ0n) is 9.18. The predicted octanol–water partition coefficient (Wildman–Crippen LogP) is 4.01. The van der Waals surface area contributed by atoms with Crippen LogP contribution in [-0.4, -0.2) is 11.7 Å². The van der Waals surface area contributed by atoms with Crippen LogP contribution >= 0.6 is 33.9 Å². The van der Waals surface area contributed by atoms with Gasteiger partial charge in [-0.15, -0.1) is 11.3 Å². The van der Waals surface area contributed by atoms with Crippen molar-refractivity contribution in [3.05, 3.63) is 13.8 Å². The van der Waals surface area contributed by atoms with Gasteiger partial charge in [0, 0.05) is 4.88 Å². The van der Waals surface area contributed by atoms with Gasteiger partial charge in [0.25, 0.3) is 0 Å². The van der Waals surface area contributed by atoms with Gasteiger partial charge in [-0.25, -0.2) is 4.79 Å². The molecule has 1 amide bonds. The summed E-state index contributed by atoms with van der Waals surface area (Å²) < 4.78 is 6.31. The third kappa shape index (κ3) is 4.38. The average Bonchev–Trinajstić information content (AvgIpc) is 2.25. The first-order valence-corrected chi connectivity index (χ1v) is 6.43. The van der Waals surface area contributed by atoms with Crippen LogP contribution in [0, 0.1) is 9.81 Å². The van der Waals surface area contributed by atoms with Crippen LogP contribution in [0.15, 0.2) is 6.07 Å². The summed E-state index contributed by atoms with van der Waals surface area (Å²) in [6, 6.07) is 1.94. The molecule has 0 bridgehead atoms. The Bertz CT molecular complexity index is 368. The van der Waals surface area contributed by atoms with Gasteiger partial charge >= 0.3 is 6.09 Å². The van der Waals surface area contributed by atoms with Crippen LogP contribution < -0.4 is 5.32 Å². The summed E-state index contributed by atoms with van der Waals surface area (Å²) in [6.45, 7) is 7.50. The van der Waals surface area contributed by atoms with Crippen LogP contribution in [0.3, 0.4) is 0 Å². The number of carbonyl (C=O) groups is 1. The predicted molar refractivity (Wildman–Crippen MR) is 71.6 cm³/mol. The molecule has 0 aromatic carbocycles. The summed E-state index contributed by atoms with van der Waals surface area (Å²) in [7, 11) is 0.